The summed E-state index contributed by atoms with van der Waals surface area (Å²) in [6.07, 6.45) is 7.05. The predicted octanol–water partition coefficient (Wildman–Crippen LogP) is 3.34. The monoisotopic (exact) mass is 368 g/mol. The van der Waals surface area contributed by atoms with E-state index in [0.717, 1.165) is 51.6 Å². The van der Waals surface area contributed by atoms with Crippen LogP contribution in [-0.2, 0) is 4.79 Å². The summed E-state index contributed by atoms with van der Waals surface area (Å²) in [5.41, 5.74) is -0.171. The van der Waals surface area contributed by atoms with Gasteiger partial charge in [-0.15, -0.1) is 0 Å². The number of likely N-dealkylation sites (tertiary alicyclic amines) is 1. The number of ether oxygens (including phenoxy) is 1. The zero-order chi connectivity index (χ0) is 18.6. The molecule has 1 aromatic carbocycles. The number of nitrogens with one attached hydrogen (secondary N) is 1. The lowest BCUT2D eigenvalue weighted by Crippen LogP contribution is -2.69. The molecule has 1 aromatic rings. The quantitative estimate of drug-likeness (QED) is 0.827. The molecule has 5 nitrogen and oxygen atoms in total. The maximum absolute atomic E-state index is 13.3. The highest BCUT2D eigenvalue weighted by Crippen LogP contribution is 2.59. The van der Waals surface area contributed by atoms with E-state index in [4.69, 9.17) is 4.74 Å². The van der Waals surface area contributed by atoms with Gasteiger partial charge in [-0.2, -0.15) is 0 Å². The Kier molecular flexibility index (Phi) is 3.78. The van der Waals surface area contributed by atoms with Gasteiger partial charge in [-0.3, -0.25) is 9.59 Å². The average Bonchev–Trinajstić information content (AvgIpc) is 2.68. The van der Waals surface area contributed by atoms with Gasteiger partial charge in [0.1, 0.15) is 5.75 Å². The molecule has 0 aromatic heterocycles. The summed E-state index contributed by atoms with van der Waals surface area (Å²) in [5.74, 6) is 1.20. The molecule has 2 heterocycles. The second-order valence-electron chi connectivity index (χ2n) is 9.18. The van der Waals surface area contributed by atoms with Crippen LogP contribution in [0.2, 0.25) is 0 Å². The van der Waals surface area contributed by atoms with Gasteiger partial charge in [0.15, 0.2) is 5.72 Å². The number of piperidine rings is 1. The molecule has 0 radical (unpaired) electrons. The van der Waals surface area contributed by atoms with Crippen LogP contribution in [0.1, 0.15) is 62.2 Å². The third-order valence-electron chi connectivity index (χ3n) is 7.47. The summed E-state index contributed by atoms with van der Waals surface area (Å²) in [4.78, 5) is 28.1. The van der Waals surface area contributed by atoms with Crippen LogP contribution in [0.4, 0.5) is 0 Å². The van der Waals surface area contributed by atoms with Gasteiger partial charge in [-0.1, -0.05) is 19.1 Å². The minimum Gasteiger partial charge on any atom is -0.467 e. The van der Waals surface area contributed by atoms with E-state index in [1.165, 1.54) is 6.42 Å². The molecular weight excluding hydrogens is 340 g/mol. The zero-order valence-corrected chi connectivity index (χ0v) is 16.0. The summed E-state index contributed by atoms with van der Waals surface area (Å²) < 4.78 is 6.45. The van der Waals surface area contributed by atoms with Crippen molar-refractivity contribution in [3.05, 3.63) is 29.8 Å². The average molecular weight is 368 g/mol. The van der Waals surface area contributed by atoms with Crippen molar-refractivity contribution < 1.29 is 14.3 Å². The molecule has 6 rings (SSSR count). The number of hydrogen-bond acceptors (Lipinski definition) is 3. The zero-order valence-electron chi connectivity index (χ0n) is 16.0. The Morgan fingerprint density at radius 2 is 2.00 bits per heavy atom. The summed E-state index contributed by atoms with van der Waals surface area (Å²) >= 11 is 0. The molecule has 1 saturated heterocycles. The highest BCUT2D eigenvalue weighted by molar-refractivity contribution is 5.98. The first-order chi connectivity index (χ1) is 13.0. The highest BCUT2D eigenvalue weighted by Gasteiger charge is 2.62. The summed E-state index contributed by atoms with van der Waals surface area (Å²) in [6.45, 7) is 4.04. The topological polar surface area (TPSA) is 58.6 Å². The number of hydrogen-bond donors (Lipinski definition) is 1. The maximum Gasteiger partial charge on any atom is 0.258 e. The molecule has 0 unspecified atom stereocenters. The number of rotatable bonds is 1. The summed E-state index contributed by atoms with van der Waals surface area (Å²) in [6, 6.07) is 7.47. The van der Waals surface area contributed by atoms with Gasteiger partial charge in [0.25, 0.3) is 5.91 Å². The van der Waals surface area contributed by atoms with Crippen molar-refractivity contribution in [2.45, 2.75) is 57.6 Å². The third kappa shape index (κ3) is 2.58. The Hall–Kier alpha value is -2.04. The van der Waals surface area contributed by atoms with E-state index in [9.17, 15) is 9.59 Å². The van der Waals surface area contributed by atoms with Gasteiger partial charge >= 0.3 is 0 Å². The lowest BCUT2D eigenvalue weighted by atomic mass is 9.52. The molecule has 5 aliphatic rings. The first kappa shape index (κ1) is 17.1. The van der Waals surface area contributed by atoms with Crippen molar-refractivity contribution in [1.82, 2.24) is 10.2 Å². The molecule has 2 amide bonds. The van der Waals surface area contributed by atoms with Gasteiger partial charge < -0.3 is 15.0 Å². The van der Waals surface area contributed by atoms with Crippen LogP contribution in [0.25, 0.3) is 0 Å². The predicted molar refractivity (Wildman–Crippen MR) is 101 cm³/mol. The maximum atomic E-state index is 13.3. The largest absolute Gasteiger partial charge is 0.467 e. The van der Waals surface area contributed by atoms with E-state index in [1.807, 2.05) is 24.3 Å². The van der Waals surface area contributed by atoms with Gasteiger partial charge in [-0.05, 0) is 56.1 Å². The van der Waals surface area contributed by atoms with E-state index in [1.54, 1.807) is 0 Å². The van der Waals surface area contributed by atoms with Crippen LogP contribution in [0, 0.1) is 17.3 Å². The van der Waals surface area contributed by atoms with Crippen molar-refractivity contribution >= 4 is 11.8 Å². The third-order valence-corrected chi connectivity index (χ3v) is 7.47. The Morgan fingerprint density at radius 1 is 1.22 bits per heavy atom. The number of para-hydroxylation sites is 1. The van der Waals surface area contributed by atoms with Gasteiger partial charge in [0, 0.05) is 31.3 Å². The van der Waals surface area contributed by atoms with E-state index in [-0.39, 0.29) is 23.2 Å². The van der Waals surface area contributed by atoms with Crippen molar-refractivity contribution in [2.75, 3.05) is 13.1 Å². The van der Waals surface area contributed by atoms with Crippen LogP contribution in [-0.4, -0.2) is 35.5 Å². The molecule has 144 valence electrons. The number of carbonyl (C=O) groups excluding carboxylic acids is 2. The van der Waals surface area contributed by atoms with Crippen LogP contribution in [0.15, 0.2) is 24.3 Å². The smallest absolute Gasteiger partial charge is 0.258 e. The molecule has 2 bridgehead atoms. The molecular formula is C22H28N2O3. The van der Waals surface area contributed by atoms with Crippen molar-refractivity contribution in [1.29, 1.82) is 0 Å². The first-order valence-electron chi connectivity index (χ1n) is 10.4. The van der Waals surface area contributed by atoms with Gasteiger partial charge in [-0.25, -0.2) is 0 Å². The fourth-order valence-electron chi connectivity index (χ4n) is 5.97. The number of benzene rings is 1. The number of fused-ring (bicyclic) bond motifs is 3. The Morgan fingerprint density at radius 3 is 2.78 bits per heavy atom. The van der Waals surface area contributed by atoms with E-state index in [0.29, 0.717) is 17.2 Å². The fourth-order valence-corrected chi connectivity index (χ4v) is 5.97. The molecule has 3 aliphatic carbocycles. The van der Waals surface area contributed by atoms with Crippen molar-refractivity contribution in [3.8, 4) is 5.75 Å². The summed E-state index contributed by atoms with van der Waals surface area (Å²) in [7, 11) is 0. The Labute approximate surface area is 160 Å². The second kappa shape index (κ2) is 5.98. The van der Waals surface area contributed by atoms with Crippen LogP contribution >= 0.6 is 0 Å². The molecule has 4 atom stereocenters. The Balaban J connectivity index is 1.43. The summed E-state index contributed by atoms with van der Waals surface area (Å²) in [5, 5.41) is 3.20. The number of amides is 2. The minimum atomic E-state index is -0.656. The molecule has 1 spiro atoms. The molecule has 2 aliphatic heterocycles. The van der Waals surface area contributed by atoms with Gasteiger partial charge in [0.05, 0.1) is 5.56 Å². The standard InChI is InChI=1S/C22H28N2O3/c1-21-10-9-15(13-17(21)20(26)24-11-5-2-6-12-24)22(14-21)23-19(25)16-7-3-4-8-18(16)27-22/h3-4,7-8,15,17H,2,5-6,9-14H2,1H3,(H,23,25)/t15-,17-,21-,22+/m1/s1. The van der Waals surface area contributed by atoms with Gasteiger partial charge in [0.2, 0.25) is 5.91 Å². The van der Waals surface area contributed by atoms with E-state index in [2.05, 4.69) is 17.1 Å². The minimum absolute atomic E-state index is 0.0492. The molecule has 5 heteroatoms. The normalized spacial score (nSPS) is 37.5. The number of carbonyl (C=O) groups is 2. The van der Waals surface area contributed by atoms with Crippen LogP contribution in [0.5, 0.6) is 5.75 Å². The van der Waals surface area contributed by atoms with E-state index >= 15 is 0 Å². The molecule has 1 N–H and O–H groups in total. The van der Waals surface area contributed by atoms with Crippen molar-refractivity contribution in [3.63, 3.8) is 0 Å². The van der Waals surface area contributed by atoms with Crippen molar-refractivity contribution in [2.24, 2.45) is 17.3 Å². The SMILES string of the molecule is C[C@]12CC[C@H](C[C@@H]1C(=O)N1CCCCC1)[C@@]1(C2)NC(=O)c2ccccc2O1. The Bertz CT molecular complexity index is 788. The lowest BCUT2D eigenvalue weighted by Gasteiger charge is -2.60. The molecule has 3 saturated carbocycles. The second-order valence-corrected chi connectivity index (χ2v) is 9.18. The fraction of sp³-hybridized carbons (Fsp3) is 0.636. The lowest BCUT2D eigenvalue weighted by molar-refractivity contribution is -0.174. The molecule has 4 fully saturated rings. The molecule has 27 heavy (non-hydrogen) atoms. The first-order valence-corrected chi connectivity index (χ1v) is 10.4. The van der Waals surface area contributed by atoms with Crippen LogP contribution in [0.3, 0.4) is 0 Å². The number of nitrogens with zero attached hydrogens (tertiary/aromatic N) is 1. The highest BCUT2D eigenvalue weighted by atomic mass is 16.5. The van der Waals surface area contributed by atoms with E-state index < -0.39 is 5.72 Å². The van der Waals surface area contributed by atoms with Crippen LogP contribution < -0.4 is 10.1 Å².